The van der Waals surface area contributed by atoms with Crippen LogP contribution in [0.5, 0.6) is 5.75 Å². The van der Waals surface area contributed by atoms with Crippen molar-refractivity contribution in [3.63, 3.8) is 0 Å². The Morgan fingerprint density at radius 2 is 1.81 bits per heavy atom. The molecular formula is C26H28FN2O2+. The van der Waals surface area contributed by atoms with E-state index in [2.05, 4.69) is 5.32 Å². The van der Waals surface area contributed by atoms with Gasteiger partial charge >= 0.3 is 0 Å². The summed E-state index contributed by atoms with van der Waals surface area (Å²) in [6.45, 7) is 2.64. The first-order chi connectivity index (χ1) is 15.0. The molecule has 0 aliphatic heterocycles. The van der Waals surface area contributed by atoms with Crippen LogP contribution in [0.4, 0.5) is 10.1 Å². The highest BCUT2D eigenvalue weighted by Crippen LogP contribution is 2.27. The summed E-state index contributed by atoms with van der Waals surface area (Å²) in [5.41, 5.74) is 3.70. The molecule has 160 valence electrons. The fraction of sp³-hybridized carbons (Fsp3) is 0.269. The largest absolute Gasteiger partial charge is 0.495 e. The molecule has 4 nitrogen and oxygen atoms in total. The summed E-state index contributed by atoms with van der Waals surface area (Å²) in [7, 11) is 1.60. The van der Waals surface area contributed by atoms with Gasteiger partial charge in [-0.3, -0.25) is 4.79 Å². The third-order valence-electron chi connectivity index (χ3n) is 5.80. The molecule has 31 heavy (non-hydrogen) atoms. The van der Waals surface area contributed by atoms with Gasteiger partial charge in [-0.15, -0.1) is 0 Å². The minimum atomic E-state index is -0.385. The van der Waals surface area contributed by atoms with Crippen LogP contribution in [0.3, 0.4) is 0 Å². The number of anilines is 1. The van der Waals surface area contributed by atoms with E-state index in [0.29, 0.717) is 24.0 Å². The topological polar surface area (TPSA) is 42.8 Å². The molecule has 0 aromatic heterocycles. The maximum atomic E-state index is 13.7. The second-order valence-electron chi connectivity index (χ2n) is 8.19. The van der Waals surface area contributed by atoms with E-state index in [0.717, 1.165) is 29.5 Å². The number of methoxy groups -OCH3 is 1. The van der Waals surface area contributed by atoms with Crippen LogP contribution in [0.15, 0.2) is 72.8 Å². The van der Waals surface area contributed by atoms with Gasteiger partial charge in [0.1, 0.15) is 18.1 Å². The maximum Gasteiger partial charge on any atom is 0.287 e. The molecule has 1 saturated carbocycles. The standard InChI is InChI=1S/C26H27FN2O2/c1-18-8-15-24(31-2)23(16-18)28-26(30)25(20-6-4-3-5-7-20)29(22-13-14-22)17-19-9-11-21(27)12-10-19/h3-12,15-16,22,25H,13-14,17H2,1-2H3,(H,28,30)/p+1/t25-/m1/s1. The predicted octanol–water partition coefficient (Wildman–Crippen LogP) is 4.07. The third-order valence-corrected chi connectivity index (χ3v) is 5.80. The van der Waals surface area contributed by atoms with Crippen molar-refractivity contribution >= 4 is 11.6 Å². The molecule has 1 unspecified atom stereocenters. The number of aryl methyl sites for hydroxylation is 1. The number of rotatable bonds is 8. The van der Waals surface area contributed by atoms with Gasteiger partial charge in [-0.1, -0.05) is 48.5 Å². The molecular weight excluding hydrogens is 391 g/mol. The summed E-state index contributed by atoms with van der Waals surface area (Å²) in [4.78, 5) is 14.8. The van der Waals surface area contributed by atoms with E-state index < -0.39 is 0 Å². The molecule has 5 heteroatoms. The predicted molar refractivity (Wildman–Crippen MR) is 120 cm³/mol. The molecule has 1 aliphatic rings. The Balaban J connectivity index is 1.67. The van der Waals surface area contributed by atoms with Gasteiger partial charge < -0.3 is 15.0 Å². The zero-order chi connectivity index (χ0) is 21.8. The monoisotopic (exact) mass is 419 g/mol. The molecule has 1 aliphatic carbocycles. The third kappa shape index (κ3) is 5.12. The molecule has 0 saturated heterocycles. The van der Waals surface area contributed by atoms with Crippen molar-refractivity contribution in [2.45, 2.75) is 38.4 Å². The number of hydrogen-bond donors (Lipinski definition) is 2. The highest BCUT2D eigenvalue weighted by molar-refractivity contribution is 5.96. The van der Waals surface area contributed by atoms with Crippen molar-refractivity contribution in [3.05, 3.63) is 95.3 Å². The van der Waals surface area contributed by atoms with Crippen LogP contribution in [0.1, 0.15) is 35.6 Å². The fourth-order valence-electron chi connectivity index (χ4n) is 4.08. The van der Waals surface area contributed by atoms with Crippen LogP contribution >= 0.6 is 0 Å². The van der Waals surface area contributed by atoms with Crippen molar-refractivity contribution in [2.75, 3.05) is 12.4 Å². The first-order valence-corrected chi connectivity index (χ1v) is 10.7. The summed E-state index contributed by atoms with van der Waals surface area (Å²) in [6, 6.07) is 22.2. The number of hydrogen-bond acceptors (Lipinski definition) is 2. The summed E-state index contributed by atoms with van der Waals surface area (Å²) in [5, 5.41) is 3.11. The van der Waals surface area contributed by atoms with Gasteiger partial charge in [0, 0.05) is 24.0 Å². The zero-order valence-electron chi connectivity index (χ0n) is 17.9. The molecule has 0 radical (unpaired) electrons. The number of quaternary nitrogens is 1. The zero-order valence-corrected chi connectivity index (χ0v) is 17.9. The Labute approximate surface area is 182 Å². The Bertz CT molecular complexity index is 1030. The van der Waals surface area contributed by atoms with E-state index in [4.69, 9.17) is 4.74 Å². The Hall–Kier alpha value is -3.18. The van der Waals surface area contributed by atoms with Crippen LogP contribution in [0.2, 0.25) is 0 Å². The van der Waals surface area contributed by atoms with Crippen LogP contribution in [0, 0.1) is 12.7 Å². The van der Waals surface area contributed by atoms with E-state index in [1.165, 1.54) is 17.0 Å². The minimum Gasteiger partial charge on any atom is -0.495 e. The first-order valence-electron chi connectivity index (χ1n) is 10.7. The van der Waals surface area contributed by atoms with Gasteiger partial charge in [-0.25, -0.2) is 4.39 Å². The molecule has 4 rings (SSSR count). The molecule has 3 aromatic rings. The highest BCUT2D eigenvalue weighted by atomic mass is 19.1. The molecule has 0 bridgehead atoms. The van der Waals surface area contributed by atoms with Crippen LogP contribution < -0.4 is 15.0 Å². The minimum absolute atomic E-state index is 0.0703. The molecule has 1 amide bonds. The number of nitrogens with one attached hydrogen (secondary N) is 2. The van der Waals surface area contributed by atoms with Gasteiger partial charge in [-0.05, 0) is 36.8 Å². The average molecular weight is 420 g/mol. The van der Waals surface area contributed by atoms with Crippen LogP contribution in [-0.4, -0.2) is 19.1 Å². The number of amides is 1. The lowest BCUT2D eigenvalue weighted by Gasteiger charge is -2.29. The Kier molecular flexibility index (Phi) is 6.33. The lowest BCUT2D eigenvalue weighted by molar-refractivity contribution is -0.946. The van der Waals surface area contributed by atoms with E-state index in [9.17, 15) is 9.18 Å². The first kappa shape index (κ1) is 21.1. The molecule has 3 aromatic carbocycles. The maximum absolute atomic E-state index is 13.7. The second kappa shape index (κ2) is 9.31. The summed E-state index contributed by atoms with van der Waals surface area (Å²) in [5.74, 6) is 0.317. The van der Waals surface area contributed by atoms with E-state index in [1.54, 1.807) is 19.2 Å². The van der Waals surface area contributed by atoms with Crippen LogP contribution in [0.25, 0.3) is 0 Å². The van der Waals surface area contributed by atoms with E-state index >= 15 is 0 Å². The SMILES string of the molecule is COc1ccc(C)cc1NC(=O)[C@@H](c1ccccc1)[NH+](Cc1ccc(F)cc1)C1CC1. The van der Waals surface area contributed by atoms with Crippen molar-refractivity contribution in [3.8, 4) is 5.75 Å². The lowest BCUT2D eigenvalue weighted by Crippen LogP contribution is -3.13. The van der Waals surface area contributed by atoms with Gasteiger partial charge in [0.25, 0.3) is 5.91 Å². The van der Waals surface area contributed by atoms with Gasteiger partial charge in [0.15, 0.2) is 6.04 Å². The molecule has 0 heterocycles. The molecule has 2 N–H and O–H groups in total. The number of benzene rings is 3. The smallest absolute Gasteiger partial charge is 0.287 e. The van der Waals surface area contributed by atoms with Crippen molar-refractivity contribution < 1.29 is 18.8 Å². The molecule has 2 atom stereocenters. The van der Waals surface area contributed by atoms with Gasteiger partial charge in [-0.2, -0.15) is 0 Å². The van der Waals surface area contributed by atoms with Crippen LogP contribution in [-0.2, 0) is 11.3 Å². The molecule has 1 fully saturated rings. The van der Waals surface area contributed by atoms with Gasteiger partial charge in [0.05, 0.1) is 18.8 Å². The number of carbonyl (C=O) groups is 1. The van der Waals surface area contributed by atoms with Crippen molar-refractivity contribution in [2.24, 2.45) is 0 Å². The summed E-state index contributed by atoms with van der Waals surface area (Å²) in [6.07, 6.45) is 2.17. The highest BCUT2D eigenvalue weighted by Gasteiger charge is 2.42. The quantitative estimate of drug-likeness (QED) is 0.578. The number of carbonyl (C=O) groups excluding carboxylic acids is 1. The summed E-state index contributed by atoms with van der Waals surface area (Å²) < 4.78 is 18.9. The summed E-state index contributed by atoms with van der Waals surface area (Å²) >= 11 is 0. The number of halogens is 1. The normalized spacial score (nSPS) is 15.2. The average Bonchev–Trinajstić information content (AvgIpc) is 3.61. The van der Waals surface area contributed by atoms with E-state index in [1.807, 2.05) is 55.5 Å². The van der Waals surface area contributed by atoms with Gasteiger partial charge in [0.2, 0.25) is 0 Å². The van der Waals surface area contributed by atoms with Crippen molar-refractivity contribution in [1.29, 1.82) is 0 Å². The van der Waals surface area contributed by atoms with Crippen molar-refractivity contribution in [1.82, 2.24) is 0 Å². The fourth-order valence-corrected chi connectivity index (χ4v) is 4.08. The molecule has 0 spiro atoms. The lowest BCUT2D eigenvalue weighted by atomic mass is 10.0. The van der Waals surface area contributed by atoms with E-state index in [-0.39, 0.29) is 17.8 Å². The number of ether oxygens (including phenoxy) is 1. The Morgan fingerprint density at radius 3 is 2.45 bits per heavy atom. The second-order valence-corrected chi connectivity index (χ2v) is 8.19. The Morgan fingerprint density at radius 1 is 1.10 bits per heavy atom.